The van der Waals surface area contributed by atoms with Crippen molar-refractivity contribution in [2.24, 2.45) is 11.8 Å². The molecule has 3 nitrogen and oxygen atoms in total. The Balaban J connectivity index is 1.87. The lowest BCUT2D eigenvalue weighted by Crippen LogP contribution is -2.60. The summed E-state index contributed by atoms with van der Waals surface area (Å²) in [5.74, 6) is 1.76. The van der Waals surface area contributed by atoms with Gasteiger partial charge in [-0.15, -0.1) is 11.6 Å². The number of halogens is 1. The van der Waals surface area contributed by atoms with Gasteiger partial charge in [0.15, 0.2) is 0 Å². The molecular weight excluding hydrogens is 202 g/mol. The molecule has 2 aliphatic heterocycles. The molecule has 4 heteroatoms. The summed E-state index contributed by atoms with van der Waals surface area (Å²) in [6.07, 6.45) is 2.09. The Labute approximate surface area is 89.4 Å². The van der Waals surface area contributed by atoms with Gasteiger partial charge in [0, 0.05) is 44.3 Å². The summed E-state index contributed by atoms with van der Waals surface area (Å²) < 4.78 is 5.38. The minimum atomic E-state index is 0.198. The van der Waals surface area contributed by atoms with Gasteiger partial charge in [0.2, 0.25) is 5.91 Å². The molecule has 3 aliphatic rings. The van der Waals surface area contributed by atoms with Crippen LogP contribution < -0.4 is 0 Å². The van der Waals surface area contributed by atoms with Gasteiger partial charge in [-0.2, -0.15) is 0 Å². The molecule has 80 valence electrons. The fourth-order valence-electron chi connectivity index (χ4n) is 2.67. The maximum atomic E-state index is 11.6. The highest BCUT2D eigenvalue weighted by molar-refractivity contribution is 6.18. The number of hydrogen-bond acceptors (Lipinski definition) is 2. The molecule has 0 aromatic rings. The number of nitrogens with zero attached hydrogens (tertiary/aromatic N) is 1. The first-order valence-electron chi connectivity index (χ1n) is 5.12. The van der Waals surface area contributed by atoms with Crippen molar-refractivity contribution < 1.29 is 9.53 Å². The summed E-state index contributed by atoms with van der Waals surface area (Å²) in [7, 11) is 1.76. The van der Waals surface area contributed by atoms with Gasteiger partial charge in [0.05, 0.1) is 6.10 Å². The number of rotatable bonds is 3. The molecule has 14 heavy (non-hydrogen) atoms. The van der Waals surface area contributed by atoms with Crippen LogP contribution >= 0.6 is 11.6 Å². The Kier molecular flexibility index (Phi) is 2.98. The van der Waals surface area contributed by atoms with Gasteiger partial charge < -0.3 is 9.64 Å². The van der Waals surface area contributed by atoms with Crippen molar-refractivity contribution in [2.75, 3.05) is 26.1 Å². The predicted molar refractivity (Wildman–Crippen MR) is 54.3 cm³/mol. The number of methoxy groups -OCH3 is 1. The maximum absolute atomic E-state index is 11.6. The second kappa shape index (κ2) is 4.07. The van der Waals surface area contributed by atoms with Crippen LogP contribution in [-0.4, -0.2) is 43.0 Å². The van der Waals surface area contributed by atoms with E-state index < -0.39 is 0 Å². The zero-order valence-corrected chi connectivity index (χ0v) is 9.17. The third kappa shape index (κ3) is 1.63. The van der Waals surface area contributed by atoms with E-state index in [0.717, 1.165) is 13.1 Å². The van der Waals surface area contributed by atoms with E-state index in [0.29, 0.717) is 30.2 Å². The minimum absolute atomic E-state index is 0.198. The van der Waals surface area contributed by atoms with E-state index in [2.05, 4.69) is 0 Å². The van der Waals surface area contributed by atoms with Gasteiger partial charge in [-0.05, 0) is 6.42 Å². The quantitative estimate of drug-likeness (QED) is 0.663. The number of fused-ring (bicyclic) bond motifs is 2. The van der Waals surface area contributed by atoms with Crippen LogP contribution in [0.2, 0.25) is 0 Å². The highest BCUT2D eigenvalue weighted by Gasteiger charge is 2.47. The first-order valence-corrected chi connectivity index (χ1v) is 5.66. The molecule has 2 saturated heterocycles. The summed E-state index contributed by atoms with van der Waals surface area (Å²) >= 11 is 5.55. The Morgan fingerprint density at radius 3 is 2.64 bits per heavy atom. The van der Waals surface area contributed by atoms with Crippen molar-refractivity contribution in [2.45, 2.75) is 18.9 Å². The highest BCUT2D eigenvalue weighted by atomic mass is 35.5. The summed E-state index contributed by atoms with van der Waals surface area (Å²) in [5, 5.41) is 0. The highest BCUT2D eigenvalue weighted by Crippen LogP contribution is 2.41. The van der Waals surface area contributed by atoms with Gasteiger partial charge in [0.25, 0.3) is 0 Å². The number of hydrogen-bond donors (Lipinski definition) is 0. The molecule has 0 N–H and O–H groups in total. The maximum Gasteiger partial charge on any atom is 0.223 e. The second-order valence-corrected chi connectivity index (χ2v) is 4.57. The number of amides is 1. The Morgan fingerprint density at radius 1 is 1.50 bits per heavy atom. The molecule has 0 aromatic carbocycles. The van der Waals surface area contributed by atoms with Crippen LogP contribution in [-0.2, 0) is 9.53 Å². The molecule has 1 aliphatic carbocycles. The molecule has 2 bridgehead atoms. The Bertz CT molecular complexity index is 222. The molecule has 3 rings (SSSR count). The summed E-state index contributed by atoms with van der Waals surface area (Å²) in [5.41, 5.74) is 0. The molecule has 1 amide bonds. The van der Waals surface area contributed by atoms with Crippen LogP contribution in [0.1, 0.15) is 12.8 Å². The van der Waals surface area contributed by atoms with Gasteiger partial charge >= 0.3 is 0 Å². The molecule has 1 saturated carbocycles. The van der Waals surface area contributed by atoms with Crippen molar-refractivity contribution in [3.63, 3.8) is 0 Å². The topological polar surface area (TPSA) is 29.5 Å². The number of alkyl halides is 1. The van der Waals surface area contributed by atoms with Gasteiger partial charge in [-0.1, -0.05) is 0 Å². The van der Waals surface area contributed by atoms with Crippen LogP contribution in [0.25, 0.3) is 0 Å². The molecule has 2 unspecified atom stereocenters. The van der Waals surface area contributed by atoms with Crippen LogP contribution in [0.5, 0.6) is 0 Å². The van der Waals surface area contributed by atoms with E-state index in [1.54, 1.807) is 7.11 Å². The average Bonchev–Trinajstić information content (AvgIpc) is 2.19. The van der Waals surface area contributed by atoms with Gasteiger partial charge in [-0.25, -0.2) is 0 Å². The number of carbonyl (C=O) groups excluding carboxylic acids is 1. The number of carbonyl (C=O) groups is 1. The zero-order valence-electron chi connectivity index (χ0n) is 8.41. The van der Waals surface area contributed by atoms with E-state index >= 15 is 0 Å². The molecule has 0 radical (unpaired) electrons. The lowest BCUT2D eigenvalue weighted by Gasteiger charge is -2.52. The second-order valence-electron chi connectivity index (χ2n) is 4.19. The van der Waals surface area contributed by atoms with E-state index in [4.69, 9.17) is 16.3 Å². The predicted octanol–water partition coefficient (Wildman–Crippen LogP) is 1.11. The molecule has 0 aromatic heterocycles. The van der Waals surface area contributed by atoms with E-state index in [-0.39, 0.29) is 5.91 Å². The smallest absolute Gasteiger partial charge is 0.223 e. The molecule has 2 heterocycles. The number of ether oxygens (including phenoxy) is 1. The van der Waals surface area contributed by atoms with Crippen molar-refractivity contribution >= 4 is 17.5 Å². The summed E-state index contributed by atoms with van der Waals surface area (Å²) in [6, 6.07) is 0. The standard InChI is InChI=1S/C10H16ClNO2/c1-14-10-7-4-8(10)6-12(5-7)9(13)2-3-11/h7-8,10H,2-6H2,1H3. The minimum Gasteiger partial charge on any atom is -0.381 e. The Morgan fingerprint density at radius 2 is 2.14 bits per heavy atom. The number of piperidine rings is 2. The fourth-order valence-corrected chi connectivity index (χ4v) is 2.83. The zero-order chi connectivity index (χ0) is 10.1. The third-order valence-corrected chi connectivity index (χ3v) is 3.57. The van der Waals surface area contributed by atoms with Crippen LogP contribution in [0.4, 0.5) is 0 Å². The molecule has 3 fully saturated rings. The molecule has 2 atom stereocenters. The van der Waals surface area contributed by atoms with Crippen molar-refractivity contribution in [1.82, 2.24) is 4.90 Å². The van der Waals surface area contributed by atoms with Crippen molar-refractivity contribution in [3.05, 3.63) is 0 Å². The van der Waals surface area contributed by atoms with Gasteiger partial charge in [-0.3, -0.25) is 4.79 Å². The SMILES string of the molecule is COC1C2CC1CN(C(=O)CCCl)C2. The van der Waals surface area contributed by atoms with Gasteiger partial charge in [0.1, 0.15) is 0 Å². The molecule has 0 spiro atoms. The van der Waals surface area contributed by atoms with Crippen LogP contribution in [0.15, 0.2) is 0 Å². The first-order chi connectivity index (χ1) is 6.76. The van der Waals surface area contributed by atoms with E-state index in [1.165, 1.54) is 6.42 Å². The lowest BCUT2D eigenvalue weighted by molar-refractivity contribution is -0.155. The van der Waals surface area contributed by atoms with Crippen LogP contribution in [0.3, 0.4) is 0 Å². The average molecular weight is 218 g/mol. The Hall–Kier alpha value is -0.280. The third-order valence-electron chi connectivity index (χ3n) is 3.38. The van der Waals surface area contributed by atoms with Crippen LogP contribution in [0, 0.1) is 11.8 Å². The van der Waals surface area contributed by atoms with Crippen molar-refractivity contribution in [3.8, 4) is 0 Å². The first kappa shape index (κ1) is 10.2. The molecular formula is C10H16ClNO2. The normalized spacial score (nSPS) is 35.3. The van der Waals surface area contributed by atoms with E-state index in [1.807, 2.05) is 4.90 Å². The summed E-state index contributed by atoms with van der Waals surface area (Å²) in [4.78, 5) is 13.5. The monoisotopic (exact) mass is 217 g/mol. The summed E-state index contributed by atoms with van der Waals surface area (Å²) in [6.45, 7) is 1.73. The van der Waals surface area contributed by atoms with E-state index in [9.17, 15) is 4.79 Å². The van der Waals surface area contributed by atoms with Crippen molar-refractivity contribution in [1.29, 1.82) is 0 Å². The fraction of sp³-hybridized carbons (Fsp3) is 0.900. The lowest BCUT2D eigenvalue weighted by atomic mass is 9.68. The largest absolute Gasteiger partial charge is 0.381 e.